The number of hydrogen-bond acceptors (Lipinski definition) is 3. The second-order valence-electron chi connectivity index (χ2n) is 5.16. The van der Waals surface area contributed by atoms with E-state index in [0.29, 0.717) is 0 Å². The SMILES string of the molecule is NC(=O)n1nc(-c2ccc3ccccc3c2)c2c1NCC2. The largest absolute Gasteiger partial charge is 0.369 e. The van der Waals surface area contributed by atoms with Gasteiger partial charge in [-0.05, 0) is 23.3 Å². The number of carbonyl (C=O) groups excluding carboxylic acids is 1. The summed E-state index contributed by atoms with van der Waals surface area (Å²) >= 11 is 0. The first-order valence-corrected chi connectivity index (χ1v) is 6.89. The Labute approximate surface area is 121 Å². The van der Waals surface area contributed by atoms with E-state index in [9.17, 15) is 4.79 Å². The molecular weight excluding hydrogens is 264 g/mol. The average Bonchev–Trinajstić information content (AvgIpc) is 3.08. The number of amides is 1. The molecule has 104 valence electrons. The Morgan fingerprint density at radius 2 is 2.00 bits per heavy atom. The summed E-state index contributed by atoms with van der Waals surface area (Å²) in [6.07, 6.45) is 0.852. The molecule has 0 atom stereocenters. The van der Waals surface area contributed by atoms with Gasteiger partial charge in [0.1, 0.15) is 5.82 Å². The van der Waals surface area contributed by atoms with Gasteiger partial charge >= 0.3 is 6.03 Å². The number of nitrogens with two attached hydrogens (primary N) is 1. The summed E-state index contributed by atoms with van der Waals surface area (Å²) in [5.74, 6) is 0.727. The van der Waals surface area contributed by atoms with Crippen LogP contribution in [0.1, 0.15) is 5.56 Å². The number of anilines is 1. The van der Waals surface area contributed by atoms with Crippen LogP contribution >= 0.6 is 0 Å². The number of nitrogens with zero attached hydrogens (tertiary/aromatic N) is 2. The molecule has 1 aromatic heterocycles. The zero-order valence-corrected chi connectivity index (χ0v) is 11.3. The van der Waals surface area contributed by atoms with E-state index in [1.807, 2.05) is 18.2 Å². The monoisotopic (exact) mass is 278 g/mol. The number of nitrogens with one attached hydrogen (secondary N) is 1. The molecule has 0 bridgehead atoms. The number of carbonyl (C=O) groups is 1. The third kappa shape index (κ3) is 1.78. The van der Waals surface area contributed by atoms with Gasteiger partial charge < -0.3 is 11.1 Å². The first-order chi connectivity index (χ1) is 10.2. The highest BCUT2D eigenvalue weighted by Crippen LogP contribution is 2.33. The van der Waals surface area contributed by atoms with Crippen LogP contribution in [0.25, 0.3) is 22.0 Å². The molecule has 21 heavy (non-hydrogen) atoms. The first-order valence-electron chi connectivity index (χ1n) is 6.89. The number of hydrogen-bond donors (Lipinski definition) is 2. The van der Waals surface area contributed by atoms with Crippen molar-refractivity contribution >= 4 is 22.6 Å². The fraction of sp³-hybridized carbons (Fsp3) is 0.125. The number of rotatable bonds is 1. The van der Waals surface area contributed by atoms with Gasteiger partial charge in [0, 0.05) is 17.7 Å². The molecule has 0 saturated heterocycles. The highest BCUT2D eigenvalue weighted by atomic mass is 16.2. The average molecular weight is 278 g/mol. The zero-order chi connectivity index (χ0) is 14.4. The molecule has 1 aliphatic rings. The van der Waals surface area contributed by atoms with E-state index in [1.165, 1.54) is 10.1 Å². The smallest absolute Gasteiger partial charge is 0.341 e. The standard InChI is InChI=1S/C16H14N4O/c17-16(21)20-15-13(7-8-18-15)14(19-20)12-6-5-10-3-1-2-4-11(10)9-12/h1-6,9,18H,7-8H2,(H2,17,21). The molecule has 0 aliphatic carbocycles. The maximum absolute atomic E-state index is 11.5. The second-order valence-corrected chi connectivity index (χ2v) is 5.16. The fourth-order valence-corrected chi connectivity index (χ4v) is 2.90. The zero-order valence-electron chi connectivity index (χ0n) is 11.3. The molecule has 0 saturated carbocycles. The van der Waals surface area contributed by atoms with Crippen LogP contribution in [-0.4, -0.2) is 22.4 Å². The molecule has 0 unspecified atom stereocenters. The molecule has 2 heterocycles. The Morgan fingerprint density at radius 1 is 1.19 bits per heavy atom. The first kappa shape index (κ1) is 12.0. The maximum Gasteiger partial charge on any atom is 0.341 e. The molecule has 3 aromatic rings. The summed E-state index contributed by atoms with van der Waals surface area (Å²) in [6, 6.07) is 13.8. The van der Waals surface area contributed by atoms with Crippen molar-refractivity contribution in [3.8, 4) is 11.3 Å². The minimum absolute atomic E-state index is 0.562. The van der Waals surface area contributed by atoms with Crippen molar-refractivity contribution in [2.45, 2.75) is 6.42 Å². The molecule has 5 heteroatoms. The Kier molecular flexibility index (Phi) is 2.47. The number of benzene rings is 2. The predicted octanol–water partition coefficient (Wildman–Crippen LogP) is 2.60. The van der Waals surface area contributed by atoms with Crippen LogP contribution in [0.5, 0.6) is 0 Å². The minimum Gasteiger partial charge on any atom is -0.369 e. The van der Waals surface area contributed by atoms with Crippen LogP contribution in [0.15, 0.2) is 42.5 Å². The van der Waals surface area contributed by atoms with Crippen LogP contribution in [0.2, 0.25) is 0 Å². The summed E-state index contributed by atoms with van der Waals surface area (Å²) in [7, 11) is 0. The Morgan fingerprint density at radius 3 is 2.81 bits per heavy atom. The number of aromatic nitrogens is 2. The second kappa shape index (κ2) is 4.34. The van der Waals surface area contributed by atoms with Gasteiger partial charge in [-0.3, -0.25) is 0 Å². The summed E-state index contributed by atoms with van der Waals surface area (Å²) < 4.78 is 1.26. The van der Waals surface area contributed by atoms with E-state index >= 15 is 0 Å². The molecule has 1 aliphatic heterocycles. The van der Waals surface area contributed by atoms with Gasteiger partial charge in [-0.1, -0.05) is 36.4 Å². The van der Waals surface area contributed by atoms with Crippen LogP contribution in [0.4, 0.5) is 10.6 Å². The van der Waals surface area contributed by atoms with Gasteiger partial charge in [-0.15, -0.1) is 0 Å². The van der Waals surface area contributed by atoms with E-state index in [-0.39, 0.29) is 0 Å². The van der Waals surface area contributed by atoms with E-state index in [0.717, 1.165) is 41.0 Å². The van der Waals surface area contributed by atoms with Crippen molar-refractivity contribution in [1.82, 2.24) is 9.78 Å². The van der Waals surface area contributed by atoms with Gasteiger partial charge in [0.25, 0.3) is 0 Å². The molecular formula is C16H14N4O. The molecule has 0 radical (unpaired) electrons. The van der Waals surface area contributed by atoms with E-state index in [2.05, 4.69) is 34.7 Å². The van der Waals surface area contributed by atoms with Crippen molar-refractivity contribution in [1.29, 1.82) is 0 Å². The maximum atomic E-state index is 11.5. The molecule has 3 N–H and O–H groups in total. The summed E-state index contributed by atoms with van der Waals surface area (Å²) in [6.45, 7) is 0.807. The van der Waals surface area contributed by atoms with Gasteiger partial charge in [-0.2, -0.15) is 9.78 Å². The van der Waals surface area contributed by atoms with Crippen molar-refractivity contribution in [3.63, 3.8) is 0 Å². The highest BCUT2D eigenvalue weighted by molar-refractivity contribution is 5.89. The van der Waals surface area contributed by atoms with E-state index in [4.69, 9.17) is 5.73 Å². The lowest BCUT2D eigenvalue weighted by Gasteiger charge is -2.03. The predicted molar refractivity (Wildman–Crippen MR) is 82.3 cm³/mol. The van der Waals surface area contributed by atoms with Gasteiger partial charge in [0.05, 0.1) is 5.69 Å². The minimum atomic E-state index is -0.562. The quantitative estimate of drug-likeness (QED) is 0.718. The van der Waals surface area contributed by atoms with E-state index < -0.39 is 6.03 Å². The van der Waals surface area contributed by atoms with Gasteiger partial charge in [0.2, 0.25) is 0 Å². The van der Waals surface area contributed by atoms with Crippen molar-refractivity contribution < 1.29 is 4.79 Å². The Hall–Kier alpha value is -2.82. The lowest BCUT2D eigenvalue weighted by atomic mass is 10.0. The molecule has 4 rings (SSSR count). The van der Waals surface area contributed by atoms with Crippen molar-refractivity contribution in [2.24, 2.45) is 5.73 Å². The van der Waals surface area contributed by atoms with Crippen LogP contribution in [0.3, 0.4) is 0 Å². The molecule has 5 nitrogen and oxygen atoms in total. The number of primary amides is 1. The topological polar surface area (TPSA) is 72.9 Å². The van der Waals surface area contributed by atoms with Crippen LogP contribution < -0.4 is 11.1 Å². The highest BCUT2D eigenvalue weighted by Gasteiger charge is 2.25. The van der Waals surface area contributed by atoms with Crippen LogP contribution in [0, 0.1) is 0 Å². The Balaban J connectivity index is 1.92. The Bertz CT molecular complexity index is 866. The summed E-state index contributed by atoms with van der Waals surface area (Å²) in [5, 5.41) is 9.91. The molecule has 2 aromatic carbocycles. The van der Waals surface area contributed by atoms with Gasteiger partial charge in [-0.25, -0.2) is 4.79 Å². The van der Waals surface area contributed by atoms with Crippen molar-refractivity contribution in [2.75, 3.05) is 11.9 Å². The molecule has 0 fully saturated rings. The summed E-state index contributed by atoms with van der Waals surface area (Å²) in [5.41, 5.74) is 8.29. The lowest BCUT2D eigenvalue weighted by molar-refractivity contribution is 0.248. The van der Waals surface area contributed by atoms with Crippen molar-refractivity contribution in [3.05, 3.63) is 48.0 Å². The summed E-state index contributed by atoms with van der Waals surface area (Å²) in [4.78, 5) is 11.5. The lowest BCUT2D eigenvalue weighted by Crippen LogP contribution is -2.22. The third-order valence-corrected chi connectivity index (χ3v) is 3.88. The van der Waals surface area contributed by atoms with Gasteiger partial charge in [0.15, 0.2) is 0 Å². The fourth-order valence-electron chi connectivity index (χ4n) is 2.90. The van der Waals surface area contributed by atoms with Crippen LogP contribution in [-0.2, 0) is 6.42 Å². The third-order valence-electron chi connectivity index (χ3n) is 3.88. The molecule has 0 spiro atoms. The van der Waals surface area contributed by atoms with E-state index in [1.54, 1.807) is 0 Å². The molecule has 1 amide bonds. The normalized spacial score (nSPS) is 13.1. The number of fused-ring (bicyclic) bond motifs is 2.